The van der Waals surface area contributed by atoms with Gasteiger partial charge in [-0.25, -0.2) is 9.98 Å². The van der Waals surface area contributed by atoms with E-state index in [0.717, 1.165) is 18.6 Å². The van der Waals surface area contributed by atoms with Crippen molar-refractivity contribution in [2.75, 3.05) is 7.11 Å². The molecule has 1 N–H and O–H groups in total. The van der Waals surface area contributed by atoms with Crippen LogP contribution in [0.25, 0.3) is 0 Å². The molecule has 0 fully saturated rings. The number of ether oxygens (including phenoxy) is 1. The van der Waals surface area contributed by atoms with Crippen LogP contribution in [0.3, 0.4) is 0 Å². The summed E-state index contributed by atoms with van der Waals surface area (Å²) in [5.74, 6) is 1.37. The van der Waals surface area contributed by atoms with Crippen molar-refractivity contribution in [3.63, 3.8) is 0 Å². The highest BCUT2D eigenvalue weighted by Crippen LogP contribution is 2.27. The topological polar surface area (TPSA) is 63.1 Å². The molecule has 0 aliphatic carbocycles. The molecule has 2 rings (SSSR count). The molecule has 1 atom stereocenters. The van der Waals surface area contributed by atoms with Gasteiger partial charge in [-0.1, -0.05) is 26.0 Å². The van der Waals surface area contributed by atoms with Gasteiger partial charge < -0.3 is 4.74 Å². The number of carbonyl (C=O) groups is 1. The minimum absolute atomic E-state index is 0.0261. The largest absolute Gasteiger partial charge is 0.494 e. The summed E-state index contributed by atoms with van der Waals surface area (Å²) in [7, 11) is 1.59. The average molecular weight is 301 g/mol. The van der Waals surface area contributed by atoms with Crippen LogP contribution >= 0.6 is 0 Å². The van der Waals surface area contributed by atoms with Gasteiger partial charge >= 0.3 is 0 Å². The molecule has 0 bridgehead atoms. The lowest BCUT2D eigenvalue weighted by molar-refractivity contribution is -0.122. The van der Waals surface area contributed by atoms with Crippen molar-refractivity contribution in [3.05, 3.63) is 24.3 Å². The van der Waals surface area contributed by atoms with Crippen LogP contribution in [0.1, 0.15) is 33.6 Å². The molecule has 1 aliphatic rings. The van der Waals surface area contributed by atoms with Crippen LogP contribution in [0.4, 0.5) is 5.69 Å². The van der Waals surface area contributed by atoms with Crippen molar-refractivity contribution in [3.8, 4) is 5.75 Å². The molecule has 5 heteroatoms. The van der Waals surface area contributed by atoms with Crippen molar-refractivity contribution >= 4 is 23.3 Å². The smallest absolute Gasteiger partial charge is 0.235 e. The molecule has 1 heterocycles. The Hall–Kier alpha value is -2.17. The quantitative estimate of drug-likeness (QED) is 0.906. The zero-order valence-corrected chi connectivity index (χ0v) is 13.6. The summed E-state index contributed by atoms with van der Waals surface area (Å²) >= 11 is 0. The number of benzene rings is 1. The normalized spacial score (nSPS) is 20.0. The van der Waals surface area contributed by atoms with Crippen molar-refractivity contribution in [2.24, 2.45) is 21.8 Å². The number of aliphatic imine (C=N–C) groups is 2. The van der Waals surface area contributed by atoms with E-state index in [1.165, 1.54) is 0 Å². The third-order valence-electron chi connectivity index (χ3n) is 3.68. The molecule has 5 nitrogen and oxygen atoms in total. The molecule has 0 spiro atoms. The van der Waals surface area contributed by atoms with Crippen molar-refractivity contribution in [1.82, 2.24) is 5.32 Å². The molecule has 1 aromatic carbocycles. The Labute approximate surface area is 131 Å². The lowest BCUT2D eigenvalue weighted by Gasteiger charge is -2.22. The molecule has 118 valence electrons. The molecule has 1 unspecified atom stereocenters. The molecule has 0 saturated carbocycles. The minimum Gasteiger partial charge on any atom is -0.494 e. The van der Waals surface area contributed by atoms with E-state index in [1.807, 2.05) is 31.2 Å². The number of carbonyl (C=O) groups excluding carboxylic acids is 1. The predicted octanol–water partition coefficient (Wildman–Crippen LogP) is 3.33. The van der Waals surface area contributed by atoms with Gasteiger partial charge in [-0.05, 0) is 37.8 Å². The van der Waals surface area contributed by atoms with Gasteiger partial charge in [0.25, 0.3) is 0 Å². The second-order valence-electron chi connectivity index (χ2n) is 5.87. The third-order valence-corrected chi connectivity index (χ3v) is 3.68. The maximum absolute atomic E-state index is 12.3. The molecule has 1 aliphatic heterocycles. The van der Waals surface area contributed by atoms with Crippen molar-refractivity contribution < 1.29 is 9.53 Å². The fourth-order valence-electron chi connectivity index (χ4n) is 2.39. The summed E-state index contributed by atoms with van der Waals surface area (Å²) in [5, 5.41) is 2.79. The summed E-state index contributed by atoms with van der Waals surface area (Å²) in [6, 6.07) is 7.40. The Kier molecular flexibility index (Phi) is 5.31. The maximum Gasteiger partial charge on any atom is 0.235 e. The van der Waals surface area contributed by atoms with E-state index in [4.69, 9.17) is 4.74 Å². The number of amides is 1. The standard InChI is InChI=1S/C17H23N3O2/c1-11(2)9-10-13-12(3)18-17(20-16(13)21)19-14-7-5-6-8-15(14)22-4/h5-8,11,13H,9-10H2,1-4H3,(H,19,20,21). The number of para-hydroxylation sites is 2. The molecule has 0 saturated heterocycles. The fourth-order valence-corrected chi connectivity index (χ4v) is 2.39. The van der Waals surface area contributed by atoms with Crippen LogP contribution in [0.15, 0.2) is 34.3 Å². The Morgan fingerprint density at radius 1 is 1.36 bits per heavy atom. The minimum atomic E-state index is -0.154. The zero-order valence-electron chi connectivity index (χ0n) is 13.6. The highest BCUT2D eigenvalue weighted by molar-refractivity contribution is 6.17. The first-order valence-electron chi connectivity index (χ1n) is 7.59. The van der Waals surface area contributed by atoms with Crippen LogP contribution in [-0.2, 0) is 4.79 Å². The van der Waals surface area contributed by atoms with Crippen molar-refractivity contribution in [1.29, 1.82) is 0 Å². The molecule has 0 aromatic heterocycles. The first-order valence-corrected chi connectivity index (χ1v) is 7.59. The molecule has 1 amide bonds. The molecule has 1 aromatic rings. The maximum atomic E-state index is 12.3. The summed E-state index contributed by atoms with van der Waals surface area (Å²) in [4.78, 5) is 21.1. The number of hydrogen-bond donors (Lipinski definition) is 1. The van der Waals surface area contributed by atoms with Crippen LogP contribution in [0.2, 0.25) is 0 Å². The SMILES string of the molecule is COc1ccccc1N=C1N=C(C)C(CCC(C)C)C(=O)N1. The van der Waals surface area contributed by atoms with Crippen LogP contribution < -0.4 is 10.1 Å². The Bertz CT molecular complexity index is 606. The highest BCUT2D eigenvalue weighted by atomic mass is 16.5. The summed E-state index contributed by atoms with van der Waals surface area (Å²) in [6.07, 6.45) is 1.82. The number of hydrogen-bond acceptors (Lipinski definition) is 3. The monoisotopic (exact) mass is 301 g/mol. The predicted molar refractivity (Wildman–Crippen MR) is 88.9 cm³/mol. The Morgan fingerprint density at radius 2 is 2.09 bits per heavy atom. The summed E-state index contributed by atoms with van der Waals surface area (Å²) in [6.45, 7) is 6.20. The zero-order chi connectivity index (χ0) is 16.1. The highest BCUT2D eigenvalue weighted by Gasteiger charge is 2.27. The lowest BCUT2D eigenvalue weighted by atomic mass is 9.93. The van der Waals surface area contributed by atoms with E-state index in [-0.39, 0.29) is 11.8 Å². The van der Waals surface area contributed by atoms with Crippen LogP contribution in [-0.4, -0.2) is 24.7 Å². The van der Waals surface area contributed by atoms with Gasteiger partial charge in [0.2, 0.25) is 11.9 Å². The molecular formula is C17H23N3O2. The van der Waals surface area contributed by atoms with Gasteiger partial charge in [0.1, 0.15) is 11.4 Å². The fraction of sp³-hybridized carbons (Fsp3) is 0.471. The molecular weight excluding hydrogens is 278 g/mol. The average Bonchev–Trinajstić information content (AvgIpc) is 2.46. The second-order valence-corrected chi connectivity index (χ2v) is 5.87. The summed E-state index contributed by atoms with van der Waals surface area (Å²) < 4.78 is 5.26. The van der Waals surface area contributed by atoms with Crippen LogP contribution in [0, 0.1) is 11.8 Å². The van der Waals surface area contributed by atoms with Crippen LogP contribution in [0.5, 0.6) is 5.75 Å². The van der Waals surface area contributed by atoms with E-state index in [9.17, 15) is 4.79 Å². The van der Waals surface area contributed by atoms with E-state index >= 15 is 0 Å². The van der Waals surface area contributed by atoms with Gasteiger partial charge in [0.05, 0.1) is 13.0 Å². The number of guanidine groups is 1. The second kappa shape index (κ2) is 7.20. The Balaban J connectivity index is 2.21. The lowest BCUT2D eigenvalue weighted by Crippen LogP contribution is -2.43. The number of methoxy groups -OCH3 is 1. The van der Waals surface area contributed by atoms with E-state index in [1.54, 1.807) is 7.11 Å². The van der Waals surface area contributed by atoms with Gasteiger partial charge in [0.15, 0.2) is 0 Å². The van der Waals surface area contributed by atoms with Gasteiger partial charge in [-0.15, -0.1) is 0 Å². The van der Waals surface area contributed by atoms with Gasteiger partial charge in [0, 0.05) is 5.71 Å². The third kappa shape index (κ3) is 3.93. The van der Waals surface area contributed by atoms with E-state index < -0.39 is 0 Å². The number of nitrogens with one attached hydrogen (secondary N) is 1. The molecule has 0 radical (unpaired) electrons. The Morgan fingerprint density at radius 3 is 2.73 bits per heavy atom. The van der Waals surface area contributed by atoms with E-state index in [2.05, 4.69) is 29.1 Å². The van der Waals surface area contributed by atoms with E-state index in [0.29, 0.717) is 23.3 Å². The number of nitrogens with zero attached hydrogens (tertiary/aromatic N) is 2. The number of rotatable bonds is 5. The first-order chi connectivity index (χ1) is 10.5. The van der Waals surface area contributed by atoms with Crippen molar-refractivity contribution in [2.45, 2.75) is 33.6 Å². The summed E-state index contributed by atoms with van der Waals surface area (Å²) in [5.41, 5.74) is 1.47. The van der Waals surface area contributed by atoms with Gasteiger partial charge in [-0.3, -0.25) is 10.1 Å². The molecule has 22 heavy (non-hydrogen) atoms. The van der Waals surface area contributed by atoms with Gasteiger partial charge in [-0.2, -0.15) is 0 Å². The first kappa shape index (κ1) is 16.2.